The molecule has 0 bridgehead atoms. The van der Waals surface area contributed by atoms with Gasteiger partial charge in [0.25, 0.3) is 0 Å². The minimum absolute atomic E-state index is 0. The third-order valence-electron chi connectivity index (χ3n) is 11.4. The van der Waals surface area contributed by atoms with E-state index in [2.05, 4.69) is 135 Å². The Bertz CT molecular complexity index is 3340. The molecule has 0 aliphatic heterocycles. The van der Waals surface area contributed by atoms with Crippen LogP contribution in [0.5, 0.6) is 0 Å². The maximum atomic E-state index is 12.5. The molecule has 4 nitrogen and oxygen atoms in total. The summed E-state index contributed by atoms with van der Waals surface area (Å²) in [6.45, 7) is 10.9. The Morgan fingerprint density at radius 3 is 1.89 bits per heavy atom. The van der Waals surface area contributed by atoms with Gasteiger partial charge < -0.3 is 14.4 Å². The number of pyridine rings is 3. The van der Waals surface area contributed by atoms with E-state index in [4.69, 9.17) is 13.5 Å². The van der Waals surface area contributed by atoms with Gasteiger partial charge in [-0.25, -0.2) is 4.98 Å². The Labute approximate surface area is 383 Å². The summed E-state index contributed by atoms with van der Waals surface area (Å²) in [5.41, 5.74) is 6.00. The molecule has 6 aromatic carbocycles. The van der Waals surface area contributed by atoms with Crippen LogP contribution in [0.4, 0.5) is 13.2 Å². The molecule has 0 saturated carbocycles. The van der Waals surface area contributed by atoms with Gasteiger partial charge in [-0.15, -0.1) is 48.0 Å². The second-order valence-corrected chi connectivity index (χ2v) is 22.7. The summed E-state index contributed by atoms with van der Waals surface area (Å²) in [6, 6.07) is 46.5. The molecule has 0 fully saturated rings. The number of alkyl halides is 3. The Hall–Kier alpha value is -5.99. The topological polar surface area (TPSA) is 51.8 Å². The number of aryl methyl sites for hydroxylation is 1. The van der Waals surface area contributed by atoms with Gasteiger partial charge in [-0.2, -0.15) is 13.2 Å². The molecule has 63 heavy (non-hydrogen) atoms. The number of benzene rings is 6. The van der Waals surface area contributed by atoms with Gasteiger partial charge in [-0.3, -0.25) is 0 Å². The van der Waals surface area contributed by atoms with Gasteiger partial charge in [0.2, 0.25) is 5.71 Å². The van der Waals surface area contributed by atoms with Crippen LogP contribution in [0.1, 0.15) is 41.7 Å². The van der Waals surface area contributed by atoms with Gasteiger partial charge in [0.1, 0.15) is 0 Å². The van der Waals surface area contributed by atoms with Crippen molar-refractivity contribution in [2.45, 2.75) is 58.9 Å². The summed E-state index contributed by atoms with van der Waals surface area (Å²) in [6.07, 6.45) is -0.551. The van der Waals surface area contributed by atoms with Crippen LogP contribution in [-0.2, 0) is 31.7 Å². The van der Waals surface area contributed by atoms with Gasteiger partial charge in [-0.05, 0) is 102 Å². The van der Waals surface area contributed by atoms with Crippen molar-refractivity contribution in [3.8, 4) is 33.6 Å². The summed E-state index contributed by atoms with van der Waals surface area (Å²) in [5, 5.41) is 10.2. The smallest absolute Gasteiger partial charge is 0.381 e. The monoisotopic (exact) mass is 1030 g/mol. The van der Waals surface area contributed by atoms with Crippen molar-refractivity contribution in [2.24, 2.45) is 0 Å². The van der Waals surface area contributed by atoms with E-state index < -0.39 is 26.7 Å². The van der Waals surface area contributed by atoms with Crippen molar-refractivity contribution in [1.29, 1.82) is 0 Å². The molecular weight excluding hydrogens is 984 g/mol. The molecule has 0 aliphatic rings. The second-order valence-electron chi connectivity index (χ2n) is 17.6. The third kappa shape index (κ3) is 8.45. The summed E-state index contributed by atoms with van der Waals surface area (Å²) in [7, 11) is -1.41. The van der Waals surface area contributed by atoms with Gasteiger partial charge in [0, 0.05) is 47.7 Å². The minimum Gasteiger partial charge on any atom is -0.486 e. The van der Waals surface area contributed by atoms with Crippen molar-refractivity contribution in [3.63, 3.8) is 0 Å². The summed E-state index contributed by atoms with van der Waals surface area (Å²) in [5.74, 6) is 0. The van der Waals surface area contributed by atoms with Crippen LogP contribution in [0.3, 0.4) is 0 Å². The molecule has 0 unspecified atom stereocenters. The average Bonchev–Trinajstić information content (AvgIpc) is 3.66. The van der Waals surface area contributed by atoms with E-state index >= 15 is 0 Å². The van der Waals surface area contributed by atoms with E-state index in [9.17, 15) is 13.2 Å². The summed E-state index contributed by atoms with van der Waals surface area (Å²) < 4.78 is 67.0. The fraction of sp³-hybridized carbons (Fsp3) is 0.167. The molecule has 4 heterocycles. The Morgan fingerprint density at radius 2 is 1.30 bits per heavy atom. The molecular formula is C54H44F3IrN3OSi-2. The minimum atomic E-state index is -4.33. The van der Waals surface area contributed by atoms with E-state index in [1.165, 1.54) is 43.6 Å². The third-order valence-corrected chi connectivity index (χ3v) is 13.4. The Morgan fingerprint density at radius 1 is 0.651 bits per heavy atom. The SMILES string of the molecule is C[Si](C)(C)c1ccc(-c2[c-]cc(C(F)(F)F)cc2)nc1.[2H]C([2H])([2H])c1ccc2c(n1)oc1c(-c3cc(-c4ccc5c6ccccc6c6ccccc6c5c4)c(C(C)(C)C)cn3)[c-]ccc12.[Ir]. The van der Waals surface area contributed by atoms with Crippen LogP contribution in [0.2, 0.25) is 19.6 Å². The quantitative estimate of drug-likeness (QED) is 0.100. The van der Waals surface area contributed by atoms with E-state index in [0.29, 0.717) is 28.1 Å². The maximum absolute atomic E-state index is 12.5. The first-order chi connectivity index (χ1) is 30.8. The zero-order chi connectivity index (χ0) is 46.1. The van der Waals surface area contributed by atoms with E-state index in [-0.39, 0.29) is 31.2 Å². The van der Waals surface area contributed by atoms with Crippen LogP contribution in [0.25, 0.3) is 88.0 Å². The Kier molecular flexibility index (Phi) is 10.5. The van der Waals surface area contributed by atoms with Crippen LogP contribution < -0.4 is 5.19 Å². The Balaban J connectivity index is 0.000000238. The molecule has 0 spiro atoms. The molecule has 10 aromatic rings. The van der Waals surface area contributed by atoms with Crippen LogP contribution in [0.15, 0.2) is 144 Å². The number of aromatic nitrogens is 3. The molecule has 0 aliphatic carbocycles. The standard InChI is InChI=1S/C39H29N2O.C15H15F3NSi.Ir/c1-23-16-18-31-30-14-9-15-32(37(30)42-38(31)41-23)36-21-33(35(22-40-36)39(2,3)4)24-17-19-29-27-12-6-5-10-25(27)26-11-7-8-13-28(26)34(29)20-24;1-20(2,3)13-8-9-14(19-10-13)11-4-6-12(7-5-11)15(16,17)18;/h5-14,16-22H,1-4H3;4,6-10H,1-3H3;/q2*-1;/i1D3;;. The average molecular weight is 1030 g/mol. The molecule has 4 aromatic heterocycles. The number of fused-ring (bicyclic) bond motifs is 9. The molecule has 10 rings (SSSR count). The molecule has 1 radical (unpaired) electrons. The fourth-order valence-corrected chi connectivity index (χ4v) is 9.11. The molecule has 9 heteroatoms. The summed E-state index contributed by atoms with van der Waals surface area (Å²) >= 11 is 0. The number of hydrogen-bond donors (Lipinski definition) is 0. The first-order valence-corrected chi connectivity index (χ1v) is 23.9. The van der Waals surface area contributed by atoms with Gasteiger partial charge in [0.05, 0.1) is 13.7 Å². The normalized spacial score (nSPS) is 13.1. The van der Waals surface area contributed by atoms with E-state index in [1.54, 1.807) is 12.1 Å². The zero-order valence-electron chi connectivity index (χ0n) is 38.5. The fourth-order valence-electron chi connectivity index (χ4n) is 8.07. The molecule has 0 saturated heterocycles. The van der Waals surface area contributed by atoms with Crippen LogP contribution in [-0.4, -0.2) is 23.0 Å². The van der Waals surface area contributed by atoms with Gasteiger partial charge >= 0.3 is 6.18 Å². The van der Waals surface area contributed by atoms with Crippen molar-refractivity contribution < 1.29 is 41.8 Å². The van der Waals surface area contributed by atoms with Crippen molar-refractivity contribution in [1.82, 2.24) is 15.0 Å². The van der Waals surface area contributed by atoms with Crippen molar-refractivity contribution >= 4 is 67.6 Å². The zero-order valence-corrected chi connectivity index (χ0v) is 38.9. The van der Waals surface area contributed by atoms with Crippen LogP contribution >= 0.6 is 0 Å². The van der Waals surface area contributed by atoms with Crippen LogP contribution in [0, 0.1) is 19.0 Å². The predicted molar refractivity (Wildman–Crippen MR) is 251 cm³/mol. The number of nitrogens with zero attached hydrogens (tertiary/aromatic N) is 3. The van der Waals surface area contributed by atoms with Gasteiger partial charge in [0.15, 0.2) is 0 Å². The second kappa shape index (κ2) is 16.6. The number of halogens is 3. The van der Waals surface area contributed by atoms with E-state index in [0.717, 1.165) is 45.3 Å². The van der Waals surface area contributed by atoms with E-state index in [1.807, 2.05) is 36.7 Å². The molecule has 0 atom stereocenters. The molecule has 317 valence electrons. The number of rotatable bonds is 4. The van der Waals surface area contributed by atoms with Crippen molar-refractivity contribution in [2.75, 3.05) is 0 Å². The summed E-state index contributed by atoms with van der Waals surface area (Å²) in [4.78, 5) is 13.6. The largest absolute Gasteiger partial charge is 0.486 e. The maximum Gasteiger partial charge on any atom is 0.381 e. The number of hydrogen-bond acceptors (Lipinski definition) is 4. The van der Waals surface area contributed by atoms with Gasteiger partial charge in [-0.1, -0.05) is 130 Å². The first kappa shape index (κ1) is 39.8. The molecule has 0 amide bonds. The molecule has 0 N–H and O–H groups in total. The van der Waals surface area contributed by atoms with Crippen molar-refractivity contribution in [3.05, 3.63) is 169 Å². The number of furan rings is 1. The first-order valence-electron chi connectivity index (χ1n) is 21.9. The predicted octanol–water partition coefficient (Wildman–Crippen LogP) is 14.7.